The van der Waals surface area contributed by atoms with Gasteiger partial charge in [-0.05, 0) is 12.1 Å². The van der Waals surface area contributed by atoms with Crippen LogP contribution in [0.25, 0.3) is 0 Å². The zero-order valence-corrected chi connectivity index (χ0v) is 20.6. The van der Waals surface area contributed by atoms with E-state index < -0.39 is 75.2 Å². The molecule has 0 amide bonds. The number of carbonyl (C=O) groups is 4. The van der Waals surface area contributed by atoms with Gasteiger partial charge in [-0.3, -0.25) is 24.1 Å². The monoisotopic (exact) mass is 536 g/mol. The van der Waals surface area contributed by atoms with E-state index in [4.69, 9.17) is 28.0 Å². The number of carbonyl (C=O) groups excluding carboxylic acids is 4. The van der Waals surface area contributed by atoms with Crippen LogP contribution in [0, 0.1) is 0 Å². The standard InChI is InChI=1S/C21H26FO13P/c1-11(23)29-10-16(22)17-18(30-12(2)24)19(31-13(3)25)20(32-14(4)26)21(33-17)35-36(27,28)34-15-8-6-5-7-9-15/h5-9,16-21H,10H2,1-4H3,(H,27,28)/t16-,17?,18+,19?,20+,21-/m0/s1. The number of ether oxygens (including phenoxy) is 5. The molecule has 3 unspecified atom stereocenters. The van der Waals surface area contributed by atoms with Gasteiger partial charge in [-0.1, -0.05) is 18.2 Å². The van der Waals surface area contributed by atoms with Crippen LogP contribution >= 0.6 is 7.82 Å². The van der Waals surface area contributed by atoms with E-state index in [1.807, 2.05) is 0 Å². The summed E-state index contributed by atoms with van der Waals surface area (Å²) in [6, 6.07) is 7.32. The smallest absolute Gasteiger partial charge is 0.463 e. The molecule has 200 valence electrons. The average Bonchev–Trinajstić information content (AvgIpc) is 2.75. The number of benzene rings is 1. The maximum atomic E-state index is 15.1. The van der Waals surface area contributed by atoms with Crippen LogP contribution < -0.4 is 4.52 Å². The van der Waals surface area contributed by atoms with Crippen LogP contribution in [0.5, 0.6) is 5.75 Å². The van der Waals surface area contributed by atoms with E-state index in [-0.39, 0.29) is 5.75 Å². The van der Waals surface area contributed by atoms with Crippen LogP contribution in [0.2, 0.25) is 0 Å². The van der Waals surface area contributed by atoms with Crippen molar-refractivity contribution >= 4 is 31.7 Å². The maximum Gasteiger partial charge on any atom is 0.529 e. The first kappa shape index (κ1) is 29.2. The van der Waals surface area contributed by atoms with Crippen molar-refractivity contribution in [3.05, 3.63) is 30.3 Å². The normalized spacial score (nSPS) is 26.0. The molecule has 1 aliphatic rings. The number of hydrogen-bond acceptors (Lipinski definition) is 12. The van der Waals surface area contributed by atoms with Gasteiger partial charge in [-0.15, -0.1) is 0 Å². The molecule has 1 N–H and O–H groups in total. The fraction of sp³-hybridized carbons (Fsp3) is 0.524. The first-order valence-corrected chi connectivity index (χ1v) is 12.0. The molecule has 36 heavy (non-hydrogen) atoms. The molecular weight excluding hydrogens is 510 g/mol. The summed E-state index contributed by atoms with van der Waals surface area (Å²) in [5, 5.41) is 0. The molecule has 13 nitrogen and oxygen atoms in total. The van der Waals surface area contributed by atoms with Crippen molar-refractivity contribution in [2.45, 2.75) is 64.6 Å². The van der Waals surface area contributed by atoms with E-state index in [2.05, 4.69) is 4.74 Å². The van der Waals surface area contributed by atoms with Crippen LogP contribution in [0.15, 0.2) is 30.3 Å². The average molecular weight is 536 g/mol. The van der Waals surface area contributed by atoms with Crippen LogP contribution in [-0.2, 0) is 52.0 Å². The van der Waals surface area contributed by atoms with Gasteiger partial charge in [0, 0.05) is 27.7 Å². The summed E-state index contributed by atoms with van der Waals surface area (Å²) in [5.41, 5.74) is 0. The SMILES string of the molecule is CC(=O)OC[C@H](F)C1O[C@@H](OP(=O)(O)Oc2ccccc2)[C@H](OC(C)=O)C(OC(C)=O)[C@@H]1OC(C)=O. The van der Waals surface area contributed by atoms with Crippen LogP contribution in [0.3, 0.4) is 0 Å². The Labute approximate surface area is 205 Å². The summed E-state index contributed by atoms with van der Waals surface area (Å²) >= 11 is 0. The van der Waals surface area contributed by atoms with Gasteiger partial charge in [0.1, 0.15) is 18.5 Å². The summed E-state index contributed by atoms with van der Waals surface area (Å²) in [4.78, 5) is 56.8. The Balaban J connectivity index is 2.47. The molecule has 15 heteroatoms. The van der Waals surface area contributed by atoms with Crippen LogP contribution in [0.4, 0.5) is 4.39 Å². The van der Waals surface area contributed by atoms with Crippen molar-refractivity contribution in [3.8, 4) is 5.75 Å². The van der Waals surface area contributed by atoms with E-state index in [0.717, 1.165) is 27.7 Å². The summed E-state index contributed by atoms with van der Waals surface area (Å²) in [6.45, 7) is 3.04. The fourth-order valence-electron chi connectivity index (χ4n) is 3.24. The highest BCUT2D eigenvalue weighted by molar-refractivity contribution is 7.47. The molecule has 0 spiro atoms. The first-order chi connectivity index (χ1) is 16.8. The van der Waals surface area contributed by atoms with Gasteiger partial charge < -0.3 is 28.2 Å². The summed E-state index contributed by atoms with van der Waals surface area (Å²) < 4.78 is 63.3. The highest BCUT2D eigenvalue weighted by Crippen LogP contribution is 2.47. The predicted octanol–water partition coefficient (Wildman–Crippen LogP) is 1.60. The van der Waals surface area contributed by atoms with Crippen molar-refractivity contribution in [3.63, 3.8) is 0 Å². The fourth-order valence-corrected chi connectivity index (χ4v) is 4.10. The Morgan fingerprint density at radius 1 is 0.917 bits per heavy atom. The van der Waals surface area contributed by atoms with Crippen molar-refractivity contribution in [2.75, 3.05) is 6.61 Å². The molecule has 0 aliphatic carbocycles. The van der Waals surface area contributed by atoms with E-state index in [0.29, 0.717) is 0 Å². The molecule has 0 bridgehead atoms. The number of phosphoric acid groups is 1. The Kier molecular flexibility index (Phi) is 10.3. The molecule has 1 heterocycles. The van der Waals surface area contributed by atoms with Crippen molar-refractivity contribution < 1.29 is 65.8 Å². The molecule has 0 saturated carbocycles. The van der Waals surface area contributed by atoms with Crippen molar-refractivity contribution in [1.29, 1.82) is 0 Å². The van der Waals surface area contributed by atoms with Gasteiger partial charge in [-0.2, -0.15) is 0 Å². The number of halogens is 1. The van der Waals surface area contributed by atoms with Crippen LogP contribution in [-0.4, -0.2) is 72.3 Å². The number of alkyl halides is 1. The molecule has 1 saturated heterocycles. The maximum absolute atomic E-state index is 15.1. The lowest BCUT2D eigenvalue weighted by Gasteiger charge is -2.44. The van der Waals surface area contributed by atoms with Gasteiger partial charge in [0.25, 0.3) is 0 Å². The topological polar surface area (TPSA) is 170 Å². The summed E-state index contributed by atoms with van der Waals surface area (Å²) in [6.07, 6.45) is -11.5. The van der Waals surface area contributed by atoms with Crippen LogP contribution in [0.1, 0.15) is 27.7 Å². The van der Waals surface area contributed by atoms with Gasteiger partial charge in [0.15, 0.2) is 24.5 Å². The first-order valence-electron chi connectivity index (χ1n) is 10.5. The number of hydrogen-bond donors (Lipinski definition) is 1. The van der Waals surface area contributed by atoms with Gasteiger partial charge in [-0.25, -0.2) is 13.5 Å². The van der Waals surface area contributed by atoms with Crippen molar-refractivity contribution in [1.82, 2.24) is 0 Å². The predicted molar refractivity (Wildman–Crippen MR) is 115 cm³/mol. The lowest BCUT2D eigenvalue weighted by Crippen LogP contribution is -2.64. The third-order valence-corrected chi connectivity index (χ3v) is 5.36. The Hall–Kier alpha value is -3.06. The lowest BCUT2D eigenvalue weighted by atomic mass is 9.95. The minimum atomic E-state index is -5.03. The largest absolute Gasteiger partial charge is 0.529 e. The molecule has 0 aromatic heterocycles. The zero-order chi connectivity index (χ0) is 27.0. The van der Waals surface area contributed by atoms with Gasteiger partial charge in [0.2, 0.25) is 6.29 Å². The molecule has 0 radical (unpaired) electrons. The second kappa shape index (κ2) is 12.8. The second-order valence-electron chi connectivity index (χ2n) is 7.49. The molecule has 1 aromatic carbocycles. The molecule has 1 fully saturated rings. The number of para-hydroxylation sites is 1. The van der Waals surface area contributed by atoms with Gasteiger partial charge >= 0.3 is 31.7 Å². The molecular formula is C21H26FO13P. The Morgan fingerprint density at radius 3 is 1.97 bits per heavy atom. The second-order valence-corrected chi connectivity index (χ2v) is 8.82. The van der Waals surface area contributed by atoms with E-state index in [1.165, 1.54) is 24.3 Å². The zero-order valence-electron chi connectivity index (χ0n) is 19.7. The molecule has 2 rings (SSSR count). The Bertz CT molecular complexity index is 987. The Morgan fingerprint density at radius 2 is 1.44 bits per heavy atom. The third kappa shape index (κ3) is 8.86. The minimum absolute atomic E-state index is 0.0766. The molecule has 1 aromatic rings. The molecule has 7 atom stereocenters. The number of rotatable bonds is 10. The molecule has 1 aliphatic heterocycles. The van der Waals surface area contributed by atoms with E-state index >= 15 is 4.39 Å². The minimum Gasteiger partial charge on any atom is -0.463 e. The highest BCUT2D eigenvalue weighted by Gasteiger charge is 2.56. The van der Waals surface area contributed by atoms with Crippen molar-refractivity contribution in [2.24, 2.45) is 0 Å². The quantitative estimate of drug-likeness (QED) is 0.260. The highest BCUT2D eigenvalue weighted by atomic mass is 31.2. The van der Waals surface area contributed by atoms with E-state index in [9.17, 15) is 28.6 Å². The number of phosphoric ester groups is 1. The summed E-state index contributed by atoms with van der Waals surface area (Å²) in [7, 11) is -5.03. The van der Waals surface area contributed by atoms with E-state index in [1.54, 1.807) is 6.07 Å². The van der Waals surface area contributed by atoms with Gasteiger partial charge in [0.05, 0.1) is 0 Å². The number of esters is 4. The summed E-state index contributed by atoms with van der Waals surface area (Å²) in [5.74, 6) is -3.80. The lowest BCUT2D eigenvalue weighted by molar-refractivity contribution is -0.296. The third-order valence-electron chi connectivity index (χ3n) is 4.44.